The molecule has 0 amide bonds. The van der Waals surface area contributed by atoms with Crippen molar-refractivity contribution in [2.75, 3.05) is 11.9 Å². The molecule has 1 N–H and O–H groups in total. The SMILES string of the molecule is C=C(Cl)CNc1c(Cl)cccc1[N+](=O)[O-]. The summed E-state index contributed by atoms with van der Waals surface area (Å²) in [5.41, 5.74) is 0.173. The molecule has 0 aliphatic rings. The molecule has 0 saturated carbocycles. The van der Waals surface area contributed by atoms with Crippen LogP contribution in [0.15, 0.2) is 29.8 Å². The lowest BCUT2D eigenvalue weighted by Gasteiger charge is -2.07. The lowest BCUT2D eigenvalue weighted by molar-refractivity contribution is -0.383. The first-order valence-corrected chi connectivity index (χ1v) is 4.78. The molecule has 15 heavy (non-hydrogen) atoms. The predicted molar refractivity (Wildman–Crippen MR) is 61.6 cm³/mol. The van der Waals surface area contributed by atoms with E-state index in [9.17, 15) is 10.1 Å². The summed E-state index contributed by atoms with van der Waals surface area (Å²) in [6, 6.07) is 4.44. The highest BCUT2D eigenvalue weighted by atomic mass is 35.5. The van der Waals surface area contributed by atoms with Crippen LogP contribution in [0.2, 0.25) is 5.02 Å². The smallest absolute Gasteiger partial charge is 0.293 e. The van der Waals surface area contributed by atoms with Gasteiger partial charge >= 0.3 is 0 Å². The summed E-state index contributed by atoms with van der Waals surface area (Å²) in [6.07, 6.45) is 0. The van der Waals surface area contributed by atoms with E-state index in [1.165, 1.54) is 12.1 Å². The molecule has 0 aliphatic heterocycles. The van der Waals surface area contributed by atoms with Crippen LogP contribution >= 0.6 is 23.2 Å². The van der Waals surface area contributed by atoms with E-state index in [0.717, 1.165) is 0 Å². The van der Waals surface area contributed by atoms with Crippen LogP contribution in [0.1, 0.15) is 0 Å². The molecule has 0 spiro atoms. The first-order chi connectivity index (χ1) is 7.02. The molecule has 0 radical (unpaired) electrons. The van der Waals surface area contributed by atoms with E-state index in [2.05, 4.69) is 11.9 Å². The number of rotatable bonds is 4. The summed E-state index contributed by atoms with van der Waals surface area (Å²) in [4.78, 5) is 10.2. The van der Waals surface area contributed by atoms with Gasteiger partial charge in [-0.05, 0) is 6.07 Å². The lowest BCUT2D eigenvalue weighted by atomic mass is 10.2. The number of nitrogens with one attached hydrogen (secondary N) is 1. The van der Waals surface area contributed by atoms with E-state index in [1.54, 1.807) is 6.07 Å². The Bertz CT molecular complexity index is 407. The number of benzene rings is 1. The van der Waals surface area contributed by atoms with E-state index >= 15 is 0 Å². The summed E-state index contributed by atoms with van der Waals surface area (Å²) in [7, 11) is 0. The number of halogens is 2. The van der Waals surface area contributed by atoms with Crippen molar-refractivity contribution in [1.29, 1.82) is 0 Å². The zero-order chi connectivity index (χ0) is 11.4. The van der Waals surface area contributed by atoms with Gasteiger partial charge in [-0.2, -0.15) is 0 Å². The van der Waals surface area contributed by atoms with Crippen LogP contribution in [0, 0.1) is 10.1 Å². The van der Waals surface area contributed by atoms with Gasteiger partial charge in [-0.25, -0.2) is 0 Å². The summed E-state index contributed by atoms with van der Waals surface area (Å²) in [5.74, 6) is 0. The highest BCUT2D eigenvalue weighted by molar-refractivity contribution is 6.34. The van der Waals surface area contributed by atoms with Gasteiger partial charge < -0.3 is 5.32 Å². The van der Waals surface area contributed by atoms with Crippen molar-refractivity contribution in [3.63, 3.8) is 0 Å². The molecule has 0 heterocycles. The Hall–Kier alpha value is -1.26. The largest absolute Gasteiger partial charge is 0.373 e. The molecular weight excluding hydrogens is 239 g/mol. The van der Waals surface area contributed by atoms with E-state index in [-0.39, 0.29) is 22.9 Å². The van der Waals surface area contributed by atoms with E-state index in [0.29, 0.717) is 5.03 Å². The Morgan fingerprint density at radius 1 is 1.60 bits per heavy atom. The minimum absolute atomic E-state index is 0.0829. The first kappa shape index (κ1) is 11.8. The fraction of sp³-hybridized carbons (Fsp3) is 0.111. The number of nitro benzene ring substituents is 1. The van der Waals surface area contributed by atoms with Crippen molar-refractivity contribution in [2.45, 2.75) is 0 Å². The van der Waals surface area contributed by atoms with Crippen molar-refractivity contribution in [2.24, 2.45) is 0 Å². The zero-order valence-electron chi connectivity index (χ0n) is 7.67. The molecule has 1 aromatic carbocycles. The van der Waals surface area contributed by atoms with E-state index < -0.39 is 4.92 Å². The average molecular weight is 247 g/mol. The highest BCUT2D eigenvalue weighted by Crippen LogP contribution is 2.31. The molecule has 0 saturated heterocycles. The van der Waals surface area contributed by atoms with Gasteiger partial charge in [0.05, 0.1) is 16.5 Å². The van der Waals surface area contributed by atoms with Gasteiger partial charge in [0.2, 0.25) is 0 Å². The molecule has 0 aromatic heterocycles. The molecule has 80 valence electrons. The van der Waals surface area contributed by atoms with Crippen molar-refractivity contribution in [3.05, 3.63) is 44.9 Å². The molecule has 1 rings (SSSR count). The second kappa shape index (κ2) is 5.00. The molecule has 0 aliphatic carbocycles. The number of para-hydroxylation sites is 1. The van der Waals surface area contributed by atoms with Gasteiger partial charge in [0.15, 0.2) is 0 Å². The Balaban J connectivity index is 3.02. The fourth-order valence-corrected chi connectivity index (χ4v) is 1.33. The van der Waals surface area contributed by atoms with Crippen LogP contribution in [-0.2, 0) is 0 Å². The number of nitro groups is 1. The maximum absolute atomic E-state index is 10.7. The Kier molecular flexibility index (Phi) is 3.94. The third kappa shape index (κ3) is 3.11. The molecule has 6 heteroatoms. The van der Waals surface area contributed by atoms with Crippen molar-refractivity contribution in [3.8, 4) is 0 Å². The predicted octanol–water partition coefficient (Wildman–Crippen LogP) is 3.41. The van der Waals surface area contributed by atoms with Crippen molar-refractivity contribution >= 4 is 34.6 Å². The molecule has 1 aromatic rings. The maximum Gasteiger partial charge on any atom is 0.293 e. The zero-order valence-corrected chi connectivity index (χ0v) is 9.18. The van der Waals surface area contributed by atoms with Crippen LogP contribution in [0.25, 0.3) is 0 Å². The lowest BCUT2D eigenvalue weighted by Crippen LogP contribution is -2.04. The van der Waals surface area contributed by atoms with Crippen molar-refractivity contribution in [1.82, 2.24) is 0 Å². The highest BCUT2D eigenvalue weighted by Gasteiger charge is 2.15. The Labute approximate surface area is 96.6 Å². The van der Waals surface area contributed by atoms with Crippen LogP contribution in [0.5, 0.6) is 0 Å². The summed E-state index contributed by atoms with van der Waals surface area (Å²) < 4.78 is 0. The quantitative estimate of drug-likeness (QED) is 0.655. The average Bonchev–Trinajstić information content (AvgIpc) is 2.15. The first-order valence-electron chi connectivity index (χ1n) is 4.02. The van der Waals surface area contributed by atoms with Gasteiger partial charge in [-0.3, -0.25) is 10.1 Å². The third-order valence-electron chi connectivity index (χ3n) is 1.65. The van der Waals surface area contributed by atoms with Gasteiger partial charge in [-0.15, -0.1) is 0 Å². The van der Waals surface area contributed by atoms with E-state index in [1.807, 2.05) is 0 Å². The normalized spacial score (nSPS) is 9.73. The van der Waals surface area contributed by atoms with Gasteiger partial charge in [0.1, 0.15) is 5.69 Å². The maximum atomic E-state index is 10.7. The second-order valence-electron chi connectivity index (χ2n) is 2.76. The fourth-order valence-electron chi connectivity index (χ4n) is 1.02. The summed E-state index contributed by atoms with van der Waals surface area (Å²) in [6.45, 7) is 3.69. The topological polar surface area (TPSA) is 55.2 Å². The van der Waals surface area contributed by atoms with Gasteiger partial charge in [0.25, 0.3) is 5.69 Å². The van der Waals surface area contributed by atoms with Gasteiger partial charge in [0, 0.05) is 11.1 Å². The summed E-state index contributed by atoms with van der Waals surface area (Å²) >= 11 is 11.4. The third-order valence-corrected chi connectivity index (χ3v) is 2.09. The Morgan fingerprint density at radius 3 is 2.80 bits per heavy atom. The van der Waals surface area contributed by atoms with Gasteiger partial charge in [-0.1, -0.05) is 35.8 Å². The Morgan fingerprint density at radius 2 is 2.27 bits per heavy atom. The monoisotopic (exact) mass is 246 g/mol. The number of nitrogens with zero attached hydrogens (tertiary/aromatic N) is 1. The number of hydrogen-bond acceptors (Lipinski definition) is 3. The molecule has 4 nitrogen and oxygen atoms in total. The van der Waals surface area contributed by atoms with E-state index in [4.69, 9.17) is 23.2 Å². The number of anilines is 1. The van der Waals surface area contributed by atoms with Crippen LogP contribution in [0.4, 0.5) is 11.4 Å². The molecule has 0 atom stereocenters. The minimum Gasteiger partial charge on any atom is -0.373 e. The van der Waals surface area contributed by atoms with Crippen LogP contribution in [-0.4, -0.2) is 11.5 Å². The molecular formula is C9H8Cl2N2O2. The number of hydrogen-bond donors (Lipinski definition) is 1. The van der Waals surface area contributed by atoms with Crippen molar-refractivity contribution < 1.29 is 4.92 Å². The van der Waals surface area contributed by atoms with Crippen LogP contribution in [0.3, 0.4) is 0 Å². The minimum atomic E-state index is -0.509. The molecule has 0 bridgehead atoms. The second-order valence-corrected chi connectivity index (χ2v) is 3.70. The summed E-state index contributed by atoms with van der Waals surface area (Å²) in [5, 5.41) is 14.1. The molecule has 0 unspecified atom stereocenters. The standard InChI is InChI=1S/C9H8Cl2N2O2/c1-6(10)5-12-9-7(11)3-2-4-8(9)13(14)15/h2-4,12H,1,5H2. The molecule has 0 fully saturated rings. The van der Waals surface area contributed by atoms with Crippen LogP contribution < -0.4 is 5.32 Å².